The van der Waals surface area contributed by atoms with Crippen LogP contribution in [0, 0.1) is 6.92 Å². The highest BCUT2D eigenvalue weighted by Gasteiger charge is 2.23. The lowest BCUT2D eigenvalue weighted by molar-refractivity contribution is -0.149. The van der Waals surface area contributed by atoms with E-state index in [-0.39, 0.29) is 30.6 Å². The van der Waals surface area contributed by atoms with Crippen molar-refractivity contribution < 1.29 is 14.3 Å². The Labute approximate surface area is 146 Å². The molecule has 0 heterocycles. The normalized spacial score (nSPS) is 12.4. The van der Waals surface area contributed by atoms with E-state index in [4.69, 9.17) is 4.74 Å². The summed E-state index contributed by atoms with van der Waals surface area (Å²) in [7, 11) is 0. The van der Waals surface area contributed by atoms with Gasteiger partial charge in [-0.3, -0.25) is 9.59 Å². The first-order valence-electron chi connectivity index (χ1n) is 8.77. The minimum absolute atomic E-state index is 0.0220. The maximum absolute atomic E-state index is 12.9. The van der Waals surface area contributed by atoms with E-state index >= 15 is 0 Å². The highest BCUT2D eigenvalue weighted by atomic mass is 16.5. The molecule has 1 aromatic rings. The quantitative estimate of drug-likeness (QED) is 0.699. The molecule has 1 rings (SSSR count). The molecular weight excluding hydrogens is 302 g/mol. The molecule has 0 aliphatic rings. The van der Waals surface area contributed by atoms with Gasteiger partial charge >= 0.3 is 5.97 Å². The predicted molar refractivity (Wildman–Crippen MR) is 97.3 cm³/mol. The van der Waals surface area contributed by atoms with Gasteiger partial charge in [-0.05, 0) is 57.7 Å². The average molecular weight is 333 g/mol. The number of carbonyl (C=O) groups is 2. The zero-order valence-corrected chi connectivity index (χ0v) is 16.1. The lowest BCUT2D eigenvalue weighted by atomic mass is 9.97. The van der Waals surface area contributed by atoms with Crippen LogP contribution in [0.4, 0.5) is 0 Å². The van der Waals surface area contributed by atoms with Gasteiger partial charge in [0.15, 0.2) is 0 Å². The van der Waals surface area contributed by atoms with E-state index in [9.17, 15) is 9.59 Å². The molecule has 1 amide bonds. The van der Waals surface area contributed by atoms with Crippen LogP contribution in [0.15, 0.2) is 18.2 Å². The zero-order chi connectivity index (χ0) is 18.4. The number of rotatable bonds is 7. The number of hydrogen-bond donors (Lipinski definition) is 0. The molecule has 0 N–H and O–H groups in total. The largest absolute Gasteiger partial charge is 0.461 e. The van der Waals surface area contributed by atoms with Gasteiger partial charge in [-0.2, -0.15) is 0 Å². The molecule has 24 heavy (non-hydrogen) atoms. The Morgan fingerprint density at radius 2 is 1.71 bits per heavy atom. The van der Waals surface area contributed by atoms with Crippen LogP contribution >= 0.6 is 0 Å². The Morgan fingerprint density at radius 3 is 2.21 bits per heavy atom. The number of benzene rings is 1. The van der Waals surface area contributed by atoms with Crippen molar-refractivity contribution in [2.45, 2.75) is 73.0 Å². The van der Waals surface area contributed by atoms with Crippen molar-refractivity contribution >= 4 is 11.9 Å². The monoisotopic (exact) mass is 333 g/mol. The van der Waals surface area contributed by atoms with Gasteiger partial charge in [0.25, 0.3) is 5.91 Å². The molecule has 0 saturated carbocycles. The van der Waals surface area contributed by atoms with E-state index in [0.717, 1.165) is 17.5 Å². The molecule has 0 bridgehead atoms. The highest BCUT2D eigenvalue weighted by molar-refractivity contribution is 5.96. The third-order valence-electron chi connectivity index (χ3n) is 4.10. The average Bonchev–Trinajstić information content (AvgIpc) is 2.50. The summed E-state index contributed by atoms with van der Waals surface area (Å²) < 4.78 is 5.32. The van der Waals surface area contributed by atoms with Crippen molar-refractivity contribution in [2.75, 3.05) is 6.54 Å². The van der Waals surface area contributed by atoms with Gasteiger partial charge in [0.1, 0.15) is 6.54 Å². The van der Waals surface area contributed by atoms with Crippen LogP contribution in [0.5, 0.6) is 0 Å². The van der Waals surface area contributed by atoms with Gasteiger partial charge < -0.3 is 9.64 Å². The second kappa shape index (κ2) is 8.86. The molecule has 0 radical (unpaired) electrons. The second-order valence-electron chi connectivity index (χ2n) is 7.02. The summed E-state index contributed by atoms with van der Waals surface area (Å²) in [6, 6.07) is 5.82. The van der Waals surface area contributed by atoms with Crippen LogP contribution in [0.2, 0.25) is 0 Å². The molecule has 4 nitrogen and oxygen atoms in total. The Hall–Kier alpha value is -1.84. The number of carbonyl (C=O) groups excluding carboxylic acids is 2. The van der Waals surface area contributed by atoms with Crippen molar-refractivity contribution in [2.24, 2.45) is 0 Å². The van der Waals surface area contributed by atoms with Gasteiger partial charge in [0, 0.05) is 11.6 Å². The fourth-order valence-electron chi connectivity index (χ4n) is 2.41. The molecule has 1 unspecified atom stereocenters. The highest BCUT2D eigenvalue weighted by Crippen LogP contribution is 2.20. The topological polar surface area (TPSA) is 46.6 Å². The van der Waals surface area contributed by atoms with Crippen molar-refractivity contribution in [1.29, 1.82) is 0 Å². The van der Waals surface area contributed by atoms with Crippen molar-refractivity contribution in [1.82, 2.24) is 4.90 Å². The number of nitrogens with zero attached hydrogens (tertiary/aromatic N) is 1. The minimum atomic E-state index is -0.358. The molecule has 0 saturated heterocycles. The number of ether oxygens (including phenoxy) is 1. The Morgan fingerprint density at radius 1 is 1.08 bits per heavy atom. The second-order valence-corrected chi connectivity index (χ2v) is 7.02. The standard InChI is InChI=1S/C20H31NO3/c1-8-16(7)24-19(22)12-21(14(4)5)20(23)18-10-15(6)9-17(11-18)13(2)3/h9-11,13-14,16H,8,12H2,1-7H3. The first-order chi connectivity index (χ1) is 11.1. The van der Waals surface area contributed by atoms with E-state index in [1.54, 1.807) is 4.90 Å². The minimum Gasteiger partial charge on any atom is -0.461 e. The third kappa shape index (κ3) is 5.66. The Balaban J connectivity index is 3.00. The fraction of sp³-hybridized carbons (Fsp3) is 0.600. The van der Waals surface area contributed by atoms with Gasteiger partial charge in [-0.15, -0.1) is 0 Å². The predicted octanol–water partition coefficient (Wildman–Crippen LogP) is 4.31. The molecule has 0 aliphatic heterocycles. The molecule has 4 heteroatoms. The first-order valence-corrected chi connectivity index (χ1v) is 8.77. The van der Waals surface area contributed by atoms with Gasteiger partial charge in [-0.25, -0.2) is 0 Å². The van der Waals surface area contributed by atoms with Crippen molar-refractivity contribution in [3.05, 3.63) is 34.9 Å². The van der Waals surface area contributed by atoms with Crippen molar-refractivity contribution in [3.63, 3.8) is 0 Å². The van der Waals surface area contributed by atoms with Crippen LogP contribution in [0.3, 0.4) is 0 Å². The Bertz CT molecular complexity index is 578. The van der Waals surface area contributed by atoms with E-state index in [1.807, 2.05) is 46.8 Å². The SMILES string of the molecule is CCC(C)OC(=O)CN(C(=O)c1cc(C)cc(C(C)C)c1)C(C)C. The molecule has 0 fully saturated rings. The summed E-state index contributed by atoms with van der Waals surface area (Å²) in [4.78, 5) is 26.6. The number of hydrogen-bond acceptors (Lipinski definition) is 3. The fourth-order valence-corrected chi connectivity index (χ4v) is 2.41. The van der Waals surface area contributed by atoms with Crippen LogP contribution in [-0.2, 0) is 9.53 Å². The maximum atomic E-state index is 12.9. The molecular formula is C20H31NO3. The number of esters is 1. The van der Waals surface area contributed by atoms with Crippen LogP contribution < -0.4 is 0 Å². The van der Waals surface area contributed by atoms with Gasteiger partial charge in [-0.1, -0.05) is 32.4 Å². The van der Waals surface area contributed by atoms with Gasteiger partial charge in [0.05, 0.1) is 6.10 Å². The number of aryl methyl sites for hydroxylation is 1. The molecule has 134 valence electrons. The third-order valence-corrected chi connectivity index (χ3v) is 4.10. The van der Waals surface area contributed by atoms with E-state index in [2.05, 4.69) is 19.9 Å². The molecule has 0 spiro atoms. The lowest BCUT2D eigenvalue weighted by Crippen LogP contribution is -2.41. The summed E-state index contributed by atoms with van der Waals surface area (Å²) in [5.41, 5.74) is 2.81. The lowest BCUT2D eigenvalue weighted by Gasteiger charge is -2.27. The summed E-state index contributed by atoms with van der Waals surface area (Å²) in [5, 5.41) is 0. The summed E-state index contributed by atoms with van der Waals surface area (Å²) >= 11 is 0. The molecule has 1 atom stereocenters. The first kappa shape index (κ1) is 20.2. The van der Waals surface area contributed by atoms with E-state index in [0.29, 0.717) is 11.5 Å². The summed E-state index contributed by atoms with van der Waals surface area (Å²) in [6.45, 7) is 13.8. The van der Waals surface area contributed by atoms with Gasteiger partial charge in [0.2, 0.25) is 0 Å². The summed E-state index contributed by atoms with van der Waals surface area (Å²) in [5.74, 6) is -0.140. The van der Waals surface area contributed by atoms with Crippen molar-refractivity contribution in [3.8, 4) is 0 Å². The molecule has 1 aromatic carbocycles. The van der Waals surface area contributed by atoms with Crippen LogP contribution in [-0.4, -0.2) is 35.5 Å². The van der Waals surface area contributed by atoms with Crippen LogP contribution in [0.1, 0.15) is 75.4 Å². The number of amides is 1. The molecule has 0 aliphatic carbocycles. The Kier molecular flexibility index (Phi) is 7.46. The zero-order valence-electron chi connectivity index (χ0n) is 16.1. The van der Waals surface area contributed by atoms with E-state index < -0.39 is 0 Å². The van der Waals surface area contributed by atoms with Crippen LogP contribution in [0.25, 0.3) is 0 Å². The maximum Gasteiger partial charge on any atom is 0.325 e. The smallest absolute Gasteiger partial charge is 0.325 e. The molecule has 0 aromatic heterocycles. The summed E-state index contributed by atoms with van der Waals surface area (Å²) in [6.07, 6.45) is 0.630. The van der Waals surface area contributed by atoms with E-state index in [1.165, 1.54) is 0 Å².